The number of carbonyl (C=O) groups excluding carboxylic acids is 1. The molecule has 0 aliphatic carbocycles. The number of sulfonamides is 1. The first-order chi connectivity index (χ1) is 12.2. The Hall–Kier alpha value is -2.87. The quantitative estimate of drug-likeness (QED) is 0.596. The van der Waals surface area contributed by atoms with Crippen LogP contribution in [-0.4, -0.2) is 37.4 Å². The van der Waals surface area contributed by atoms with Gasteiger partial charge >= 0.3 is 0 Å². The number of phenols is 1. The topological polar surface area (TPSA) is 99.1 Å². The van der Waals surface area contributed by atoms with Crippen LogP contribution in [0.5, 0.6) is 5.75 Å². The van der Waals surface area contributed by atoms with Gasteiger partial charge in [0, 0.05) is 5.56 Å². The minimum atomic E-state index is -3.68. The Morgan fingerprint density at radius 2 is 1.69 bits per heavy atom. The number of phenolic OH excluding ortho intramolecular Hbond substituents is 1. The summed E-state index contributed by atoms with van der Waals surface area (Å²) in [6.45, 7) is 3.11. The molecule has 7 nitrogen and oxygen atoms in total. The van der Waals surface area contributed by atoms with E-state index >= 15 is 0 Å². The molecule has 0 fully saturated rings. The number of hydrazone groups is 1. The van der Waals surface area contributed by atoms with Crippen LogP contribution in [0.4, 0.5) is 5.69 Å². The van der Waals surface area contributed by atoms with Gasteiger partial charge < -0.3 is 5.11 Å². The molecule has 0 saturated heterocycles. The van der Waals surface area contributed by atoms with Crippen LogP contribution < -0.4 is 9.73 Å². The number of nitrogens with one attached hydrogen (secondary N) is 1. The standard InChI is InChI=1S/C18H21N3O4S/c1-13(16-11-7-8-12-17(16)22)19-20-18(23)14(2)21(26(3,24)25)15-9-5-4-6-10-15/h4-12,14,22H,1-3H3,(H,20,23)/b19-13-/t14-/m1/s1. The number of carbonyl (C=O) groups is 1. The first kappa shape index (κ1) is 19.5. The van der Waals surface area contributed by atoms with Crippen molar-refractivity contribution in [2.75, 3.05) is 10.6 Å². The molecule has 2 aromatic carbocycles. The van der Waals surface area contributed by atoms with E-state index in [1.165, 1.54) is 13.0 Å². The van der Waals surface area contributed by atoms with E-state index in [-0.39, 0.29) is 5.75 Å². The molecule has 0 unspecified atom stereocenters. The molecule has 2 rings (SSSR count). The van der Waals surface area contributed by atoms with Crippen molar-refractivity contribution in [1.82, 2.24) is 5.43 Å². The van der Waals surface area contributed by atoms with Crippen LogP contribution in [0.1, 0.15) is 19.4 Å². The summed E-state index contributed by atoms with van der Waals surface area (Å²) in [5.74, 6) is -0.549. The molecule has 0 aromatic heterocycles. The van der Waals surface area contributed by atoms with E-state index < -0.39 is 22.0 Å². The predicted octanol–water partition coefficient (Wildman–Crippen LogP) is 2.09. The third kappa shape index (κ3) is 4.60. The SMILES string of the molecule is C/C(=N/NC(=O)[C@@H](C)N(c1ccccc1)S(C)(=O)=O)c1ccccc1O. The number of nitrogens with zero attached hydrogens (tertiary/aromatic N) is 2. The highest BCUT2D eigenvalue weighted by Gasteiger charge is 2.28. The molecule has 138 valence electrons. The highest BCUT2D eigenvalue weighted by molar-refractivity contribution is 7.92. The fourth-order valence-corrected chi connectivity index (χ4v) is 3.63. The molecular weight excluding hydrogens is 354 g/mol. The number of para-hydroxylation sites is 2. The average Bonchev–Trinajstić information content (AvgIpc) is 2.59. The lowest BCUT2D eigenvalue weighted by Crippen LogP contribution is -2.46. The fourth-order valence-electron chi connectivity index (χ4n) is 2.46. The van der Waals surface area contributed by atoms with Crippen LogP contribution in [0, 0.1) is 0 Å². The Morgan fingerprint density at radius 3 is 2.27 bits per heavy atom. The van der Waals surface area contributed by atoms with Crippen LogP contribution >= 0.6 is 0 Å². The minimum Gasteiger partial charge on any atom is -0.507 e. The highest BCUT2D eigenvalue weighted by atomic mass is 32.2. The summed E-state index contributed by atoms with van der Waals surface area (Å²) >= 11 is 0. The Bertz CT molecular complexity index is 911. The largest absolute Gasteiger partial charge is 0.507 e. The Balaban J connectivity index is 2.22. The van der Waals surface area contributed by atoms with Gasteiger partial charge in [0.15, 0.2) is 0 Å². The van der Waals surface area contributed by atoms with Crippen molar-refractivity contribution in [3.8, 4) is 5.75 Å². The third-order valence-corrected chi connectivity index (χ3v) is 4.97. The second-order valence-corrected chi connectivity index (χ2v) is 7.62. The lowest BCUT2D eigenvalue weighted by Gasteiger charge is -2.27. The first-order valence-electron chi connectivity index (χ1n) is 7.88. The van der Waals surface area contributed by atoms with Gasteiger partial charge in [0.05, 0.1) is 17.7 Å². The molecule has 0 saturated carbocycles. The molecule has 1 amide bonds. The molecule has 2 N–H and O–H groups in total. The highest BCUT2D eigenvalue weighted by Crippen LogP contribution is 2.20. The molecule has 0 spiro atoms. The lowest BCUT2D eigenvalue weighted by molar-refractivity contribution is -0.121. The zero-order valence-electron chi connectivity index (χ0n) is 14.7. The van der Waals surface area contributed by atoms with Gasteiger partial charge in [0.25, 0.3) is 5.91 Å². The molecule has 0 bridgehead atoms. The maximum absolute atomic E-state index is 12.4. The molecule has 2 aromatic rings. The summed E-state index contributed by atoms with van der Waals surface area (Å²) < 4.78 is 25.4. The number of aromatic hydroxyl groups is 1. The van der Waals surface area contributed by atoms with Gasteiger partial charge in [-0.05, 0) is 38.1 Å². The first-order valence-corrected chi connectivity index (χ1v) is 9.73. The number of benzene rings is 2. The number of hydrogen-bond donors (Lipinski definition) is 2. The Labute approximate surface area is 153 Å². The van der Waals surface area contributed by atoms with E-state index in [0.29, 0.717) is 17.0 Å². The van der Waals surface area contributed by atoms with Crippen molar-refractivity contribution in [3.05, 3.63) is 60.2 Å². The molecule has 0 heterocycles. The second kappa shape index (κ2) is 8.01. The smallest absolute Gasteiger partial charge is 0.263 e. The van der Waals surface area contributed by atoms with Gasteiger partial charge in [-0.15, -0.1) is 0 Å². The van der Waals surface area contributed by atoms with Crippen molar-refractivity contribution in [2.24, 2.45) is 5.10 Å². The number of rotatable bonds is 6. The van der Waals surface area contributed by atoms with Gasteiger partial charge in [-0.1, -0.05) is 30.3 Å². The summed E-state index contributed by atoms with van der Waals surface area (Å²) in [6, 6.07) is 14.0. The van der Waals surface area contributed by atoms with Crippen molar-refractivity contribution in [1.29, 1.82) is 0 Å². The molecule has 8 heteroatoms. The van der Waals surface area contributed by atoms with Crippen LogP contribution in [0.3, 0.4) is 0 Å². The van der Waals surface area contributed by atoms with E-state index in [9.17, 15) is 18.3 Å². The van der Waals surface area contributed by atoms with Crippen molar-refractivity contribution >= 4 is 27.3 Å². The lowest BCUT2D eigenvalue weighted by atomic mass is 10.1. The molecule has 1 atom stereocenters. The third-order valence-electron chi connectivity index (χ3n) is 3.73. The van der Waals surface area contributed by atoms with E-state index in [1.54, 1.807) is 55.5 Å². The van der Waals surface area contributed by atoms with Gasteiger partial charge in [0.1, 0.15) is 11.8 Å². The molecule has 0 radical (unpaired) electrons. The van der Waals surface area contributed by atoms with Crippen molar-refractivity contribution in [2.45, 2.75) is 19.9 Å². The molecule has 0 aliphatic rings. The Morgan fingerprint density at radius 1 is 1.12 bits per heavy atom. The number of hydrogen-bond acceptors (Lipinski definition) is 5. The molecule has 26 heavy (non-hydrogen) atoms. The summed E-state index contributed by atoms with van der Waals surface area (Å²) in [4.78, 5) is 12.4. The van der Waals surface area contributed by atoms with E-state index in [0.717, 1.165) is 10.6 Å². The second-order valence-electron chi connectivity index (χ2n) is 5.76. The Kier molecular flexibility index (Phi) is 5.99. The van der Waals surface area contributed by atoms with Crippen LogP contribution in [-0.2, 0) is 14.8 Å². The monoisotopic (exact) mass is 375 g/mol. The summed E-state index contributed by atoms with van der Waals surface area (Å²) in [5.41, 5.74) is 3.62. The van der Waals surface area contributed by atoms with Gasteiger partial charge in [0.2, 0.25) is 10.0 Å². The van der Waals surface area contributed by atoms with E-state index in [4.69, 9.17) is 0 Å². The summed E-state index contributed by atoms with van der Waals surface area (Å²) in [7, 11) is -3.68. The van der Waals surface area contributed by atoms with E-state index in [2.05, 4.69) is 10.5 Å². The van der Waals surface area contributed by atoms with Crippen molar-refractivity contribution in [3.63, 3.8) is 0 Å². The van der Waals surface area contributed by atoms with Gasteiger partial charge in [-0.25, -0.2) is 13.8 Å². The minimum absolute atomic E-state index is 0.0399. The van der Waals surface area contributed by atoms with E-state index in [1.807, 2.05) is 0 Å². The van der Waals surface area contributed by atoms with Crippen LogP contribution in [0.2, 0.25) is 0 Å². The van der Waals surface area contributed by atoms with Gasteiger partial charge in [-0.3, -0.25) is 9.10 Å². The van der Waals surface area contributed by atoms with Crippen LogP contribution in [0.15, 0.2) is 59.7 Å². The summed E-state index contributed by atoms with van der Waals surface area (Å²) in [6.07, 6.45) is 1.04. The normalized spacial score (nSPS) is 13.1. The number of amides is 1. The number of anilines is 1. The summed E-state index contributed by atoms with van der Waals surface area (Å²) in [5, 5.41) is 13.8. The van der Waals surface area contributed by atoms with Crippen LogP contribution in [0.25, 0.3) is 0 Å². The zero-order valence-corrected chi connectivity index (χ0v) is 15.6. The predicted molar refractivity (Wildman–Crippen MR) is 102 cm³/mol. The molecule has 0 aliphatic heterocycles. The zero-order chi connectivity index (χ0) is 19.3. The average molecular weight is 375 g/mol. The van der Waals surface area contributed by atoms with Gasteiger partial charge in [-0.2, -0.15) is 5.10 Å². The maximum Gasteiger partial charge on any atom is 0.263 e. The molecular formula is C18H21N3O4S. The maximum atomic E-state index is 12.4. The van der Waals surface area contributed by atoms with Crippen molar-refractivity contribution < 1.29 is 18.3 Å². The fraction of sp³-hybridized carbons (Fsp3) is 0.222.